The van der Waals surface area contributed by atoms with E-state index in [0.717, 1.165) is 19.3 Å². The minimum atomic E-state index is -1.99. The van der Waals surface area contributed by atoms with Crippen LogP contribution in [0.25, 0.3) is 0 Å². The Labute approximate surface area is 157 Å². The first-order chi connectivity index (χ1) is 12.1. The lowest BCUT2D eigenvalue weighted by atomic mass is 10.1. The highest BCUT2D eigenvalue weighted by Crippen LogP contribution is 2.39. The van der Waals surface area contributed by atoms with Crippen molar-refractivity contribution in [2.24, 2.45) is 0 Å². The van der Waals surface area contributed by atoms with Gasteiger partial charge in [-0.1, -0.05) is 51.1 Å². The van der Waals surface area contributed by atoms with Gasteiger partial charge in [-0.2, -0.15) is 0 Å². The summed E-state index contributed by atoms with van der Waals surface area (Å²) in [6.07, 6.45) is 5.70. The number of aromatic carboxylic acids is 1. The highest BCUT2D eigenvalue weighted by molar-refractivity contribution is 6.74. The summed E-state index contributed by atoms with van der Waals surface area (Å²) >= 11 is 0. The zero-order chi connectivity index (χ0) is 19.4. The van der Waals surface area contributed by atoms with E-state index in [-0.39, 0.29) is 17.0 Å². The third kappa shape index (κ3) is 5.29. The van der Waals surface area contributed by atoms with Crippen LogP contribution in [0.2, 0.25) is 18.1 Å². The number of carbonyl (C=O) groups is 1. The fourth-order valence-corrected chi connectivity index (χ4v) is 3.79. The first-order valence-electron chi connectivity index (χ1n) is 9.09. The van der Waals surface area contributed by atoms with Crippen LogP contribution in [0.15, 0.2) is 42.9 Å². The van der Waals surface area contributed by atoms with Crippen LogP contribution in [-0.2, 0) is 10.8 Å². The number of aromatic nitrogens is 2. The van der Waals surface area contributed by atoms with Gasteiger partial charge < -0.3 is 14.1 Å². The second kappa shape index (κ2) is 8.18. The van der Waals surface area contributed by atoms with Gasteiger partial charge in [-0.15, -0.1) is 0 Å². The van der Waals surface area contributed by atoms with E-state index in [1.807, 2.05) is 22.8 Å². The SMILES string of the molecule is CC(C)(C)[Si](C)(C)OC(CCCc1ccccc1)n1cnc(C(=O)O)c1. The first-order valence-corrected chi connectivity index (χ1v) is 12.0. The Morgan fingerprint density at radius 2 is 1.92 bits per heavy atom. The average molecular weight is 375 g/mol. The van der Waals surface area contributed by atoms with Crippen LogP contribution in [0.1, 0.15) is 55.9 Å². The zero-order valence-electron chi connectivity index (χ0n) is 16.4. The molecule has 1 aromatic carbocycles. The molecule has 142 valence electrons. The predicted octanol–water partition coefficient (Wildman–Crippen LogP) is 5.12. The molecule has 1 unspecified atom stereocenters. The third-order valence-corrected chi connectivity index (χ3v) is 9.62. The summed E-state index contributed by atoms with van der Waals surface area (Å²) in [5.74, 6) is -1.01. The molecular formula is C20H30N2O3Si. The van der Waals surface area contributed by atoms with Crippen LogP contribution < -0.4 is 0 Å². The van der Waals surface area contributed by atoms with Crippen LogP contribution in [0, 0.1) is 0 Å². The smallest absolute Gasteiger partial charge is 0.356 e. The summed E-state index contributed by atoms with van der Waals surface area (Å²) in [6, 6.07) is 10.4. The van der Waals surface area contributed by atoms with Gasteiger partial charge in [-0.05, 0) is 43.0 Å². The summed E-state index contributed by atoms with van der Waals surface area (Å²) in [5.41, 5.74) is 1.35. The molecule has 1 heterocycles. The third-order valence-electron chi connectivity index (χ3n) is 5.15. The zero-order valence-corrected chi connectivity index (χ0v) is 17.4. The first kappa shape index (κ1) is 20.4. The van der Waals surface area contributed by atoms with Crippen molar-refractivity contribution in [1.29, 1.82) is 0 Å². The van der Waals surface area contributed by atoms with Crippen molar-refractivity contribution in [3.8, 4) is 0 Å². The molecule has 5 nitrogen and oxygen atoms in total. The van der Waals surface area contributed by atoms with E-state index in [9.17, 15) is 4.79 Å². The lowest BCUT2D eigenvalue weighted by Gasteiger charge is -2.39. The quantitative estimate of drug-likeness (QED) is 0.651. The number of carboxylic acids is 1. The van der Waals surface area contributed by atoms with Gasteiger partial charge in [0.1, 0.15) is 6.23 Å². The molecule has 0 aliphatic carbocycles. The van der Waals surface area contributed by atoms with Crippen LogP contribution in [0.3, 0.4) is 0 Å². The lowest BCUT2D eigenvalue weighted by Crippen LogP contribution is -2.42. The maximum Gasteiger partial charge on any atom is 0.356 e. The van der Waals surface area contributed by atoms with E-state index in [4.69, 9.17) is 9.53 Å². The fraction of sp³-hybridized carbons (Fsp3) is 0.500. The number of rotatable bonds is 8. The summed E-state index contributed by atoms with van der Waals surface area (Å²) in [5, 5.41) is 9.24. The number of hydrogen-bond donors (Lipinski definition) is 1. The molecule has 26 heavy (non-hydrogen) atoms. The molecular weight excluding hydrogens is 344 g/mol. The van der Waals surface area contributed by atoms with Gasteiger partial charge in [0.05, 0.1) is 6.33 Å². The average Bonchev–Trinajstić information content (AvgIpc) is 3.04. The van der Waals surface area contributed by atoms with Crippen molar-refractivity contribution in [2.45, 2.75) is 64.4 Å². The molecule has 0 fully saturated rings. The standard InChI is InChI=1S/C20H30N2O3Si/c1-20(2,3)26(4,5)25-18(22-14-17(19(23)24)21-15-22)13-9-12-16-10-7-6-8-11-16/h6-8,10-11,14-15,18H,9,12-13H2,1-5H3,(H,23,24). The van der Waals surface area contributed by atoms with Crippen LogP contribution in [0.4, 0.5) is 0 Å². The highest BCUT2D eigenvalue weighted by atomic mass is 28.4. The number of imidazole rings is 1. The Morgan fingerprint density at radius 1 is 1.27 bits per heavy atom. The Hall–Kier alpha value is -1.92. The molecule has 0 aliphatic rings. The number of hydrogen-bond acceptors (Lipinski definition) is 3. The Kier molecular flexibility index (Phi) is 6.42. The Morgan fingerprint density at radius 3 is 2.46 bits per heavy atom. The van der Waals surface area contributed by atoms with Gasteiger partial charge in [0.15, 0.2) is 14.0 Å². The molecule has 0 saturated heterocycles. The van der Waals surface area contributed by atoms with Crippen molar-refractivity contribution in [2.75, 3.05) is 0 Å². The van der Waals surface area contributed by atoms with Gasteiger partial charge in [-0.3, -0.25) is 0 Å². The Balaban J connectivity index is 2.13. The summed E-state index contributed by atoms with van der Waals surface area (Å²) in [7, 11) is -1.99. The molecule has 0 amide bonds. The number of carboxylic acid groups (broad SMARTS) is 1. The molecule has 0 bridgehead atoms. The van der Waals surface area contributed by atoms with Gasteiger partial charge >= 0.3 is 5.97 Å². The van der Waals surface area contributed by atoms with Crippen molar-refractivity contribution < 1.29 is 14.3 Å². The minimum absolute atomic E-state index is 0.0527. The van der Waals surface area contributed by atoms with Crippen LogP contribution in [-0.4, -0.2) is 28.9 Å². The Bertz CT molecular complexity index is 720. The topological polar surface area (TPSA) is 64.4 Å². The predicted molar refractivity (Wildman–Crippen MR) is 106 cm³/mol. The summed E-state index contributed by atoms with van der Waals surface area (Å²) < 4.78 is 8.40. The van der Waals surface area contributed by atoms with Gasteiger partial charge in [-0.25, -0.2) is 9.78 Å². The van der Waals surface area contributed by atoms with Crippen molar-refractivity contribution in [3.05, 3.63) is 54.1 Å². The number of aryl methyl sites for hydroxylation is 1. The van der Waals surface area contributed by atoms with E-state index in [1.54, 1.807) is 12.5 Å². The van der Waals surface area contributed by atoms with E-state index in [0.29, 0.717) is 0 Å². The van der Waals surface area contributed by atoms with Crippen LogP contribution in [0.5, 0.6) is 0 Å². The monoisotopic (exact) mass is 374 g/mol. The largest absolute Gasteiger partial charge is 0.476 e. The van der Waals surface area contributed by atoms with Gasteiger partial charge in [0.2, 0.25) is 0 Å². The molecule has 1 N–H and O–H groups in total. The molecule has 2 rings (SSSR count). The molecule has 1 atom stereocenters. The van der Waals surface area contributed by atoms with Crippen molar-refractivity contribution in [1.82, 2.24) is 9.55 Å². The maximum absolute atomic E-state index is 11.2. The van der Waals surface area contributed by atoms with E-state index < -0.39 is 14.3 Å². The van der Waals surface area contributed by atoms with E-state index in [2.05, 4.69) is 51.0 Å². The van der Waals surface area contributed by atoms with Gasteiger partial charge in [0, 0.05) is 6.20 Å². The second-order valence-corrected chi connectivity index (χ2v) is 13.0. The maximum atomic E-state index is 11.2. The summed E-state index contributed by atoms with van der Waals surface area (Å²) in [6.45, 7) is 11.0. The second-order valence-electron chi connectivity index (χ2n) is 8.22. The molecule has 1 aromatic heterocycles. The van der Waals surface area contributed by atoms with Crippen LogP contribution >= 0.6 is 0 Å². The van der Waals surface area contributed by atoms with Crippen molar-refractivity contribution >= 4 is 14.3 Å². The lowest BCUT2D eigenvalue weighted by molar-refractivity contribution is 0.0690. The number of benzene rings is 1. The van der Waals surface area contributed by atoms with E-state index >= 15 is 0 Å². The molecule has 0 radical (unpaired) electrons. The summed E-state index contributed by atoms with van der Waals surface area (Å²) in [4.78, 5) is 15.2. The molecule has 2 aromatic rings. The molecule has 6 heteroatoms. The molecule has 0 spiro atoms. The minimum Gasteiger partial charge on any atom is -0.476 e. The molecule has 0 aliphatic heterocycles. The van der Waals surface area contributed by atoms with Gasteiger partial charge in [0.25, 0.3) is 0 Å². The molecule has 0 saturated carbocycles. The fourth-order valence-electron chi connectivity index (χ4n) is 2.52. The number of nitrogens with zero attached hydrogens (tertiary/aromatic N) is 2. The highest BCUT2D eigenvalue weighted by Gasteiger charge is 2.39. The normalized spacial score (nSPS) is 13.6. The van der Waals surface area contributed by atoms with E-state index in [1.165, 1.54) is 5.56 Å². The van der Waals surface area contributed by atoms with Crippen molar-refractivity contribution in [3.63, 3.8) is 0 Å².